The lowest BCUT2D eigenvalue weighted by Crippen LogP contribution is -2.44. The van der Waals surface area contributed by atoms with Crippen LogP contribution in [0.25, 0.3) is 0 Å². The lowest BCUT2D eigenvalue weighted by atomic mass is 9.82. The maximum Gasteiger partial charge on any atom is 0.237 e. The van der Waals surface area contributed by atoms with E-state index in [0.29, 0.717) is 0 Å². The topological polar surface area (TPSA) is 55.1 Å². The van der Waals surface area contributed by atoms with Crippen LogP contribution in [-0.2, 0) is 4.79 Å². The number of hydrogen-bond donors (Lipinski definition) is 2. The van der Waals surface area contributed by atoms with Crippen molar-refractivity contribution in [2.24, 2.45) is 11.1 Å². The third-order valence-electron chi connectivity index (χ3n) is 2.94. The van der Waals surface area contributed by atoms with Crippen molar-refractivity contribution in [3.05, 3.63) is 35.4 Å². The minimum atomic E-state index is -0.486. The third kappa shape index (κ3) is 5.21. The summed E-state index contributed by atoms with van der Waals surface area (Å²) >= 11 is 0. The fourth-order valence-electron chi connectivity index (χ4n) is 1.92. The predicted octanol–water partition coefficient (Wildman–Crippen LogP) is 2.97. The fraction of sp³-hybridized carbons (Fsp3) is 0.533. The van der Waals surface area contributed by atoms with Crippen molar-refractivity contribution in [1.29, 1.82) is 0 Å². The van der Waals surface area contributed by atoms with Crippen LogP contribution >= 0.6 is 12.4 Å². The SMILES string of the molecule is Cc1cccc(C(NC(=O)[C@H](C)N)C(C)(C)C)c1.Cl. The summed E-state index contributed by atoms with van der Waals surface area (Å²) in [6, 6.07) is 7.70. The number of nitrogens with two attached hydrogens (primary N) is 1. The molecule has 0 radical (unpaired) electrons. The van der Waals surface area contributed by atoms with Gasteiger partial charge in [-0.2, -0.15) is 0 Å². The maximum atomic E-state index is 11.8. The van der Waals surface area contributed by atoms with Gasteiger partial charge in [0.15, 0.2) is 0 Å². The Hall–Kier alpha value is -1.06. The zero-order chi connectivity index (χ0) is 13.9. The quantitative estimate of drug-likeness (QED) is 0.896. The normalized spacial score (nSPS) is 14.2. The summed E-state index contributed by atoms with van der Waals surface area (Å²) in [7, 11) is 0. The van der Waals surface area contributed by atoms with Crippen LogP contribution in [0.1, 0.15) is 44.9 Å². The molecule has 0 fully saturated rings. The Bertz CT molecular complexity index is 424. The van der Waals surface area contributed by atoms with Crippen LogP contribution in [0.2, 0.25) is 0 Å². The maximum absolute atomic E-state index is 11.8. The van der Waals surface area contributed by atoms with E-state index in [4.69, 9.17) is 5.73 Å². The monoisotopic (exact) mass is 284 g/mol. The van der Waals surface area contributed by atoms with Gasteiger partial charge >= 0.3 is 0 Å². The van der Waals surface area contributed by atoms with E-state index in [1.807, 2.05) is 12.1 Å². The van der Waals surface area contributed by atoms with Crippen LogP contribution in [0.4, 0.5) is 0 Å². The van der Waals surface area contributed by atoms with Crippen LogP contribution in [0, 0.1) is 12.3 Å². The second-order valence-electron chi connectivity index (χ2n) is 6.01. The van der Waals surface area contributed by atoms with Crippen molar-refractivity contribution in [2.45, 2.75) is 46.7 Å². The Balaban J connectivity index is 0.00000324. The Morgan fingerprint density at radius 3 is 2.32 bits per heavy atom. The van der Waals surface area contributed by atoms with E-state index in [-0.39, 0.29) is 29.8 Å². The Labute approximate surface area is 122 Å². The Kier molecular flexibility index (Phi) is 6.53. The van der Waals surface area contributed by atoms with Crippen molar-refractivity contribution < 1.29 is 4.79 Å². The summed E-state index contributed by atoms with van der Waals surface area (Å²) in [4.78, 5) is 11.8. The van der Waals surface area contributed by atoms with E-state index in [9.17, 15) is 4.79 Å². The van der Waals surface area contributed by atoms with E-state index >= 15 is 0 Å². The summed E-state index contributed by atoms with van der Waals surface area (Å²) < 4.78 is 0. The van der Waals surface area contributed by atoms with Gasteiger partial charge in [-0.3, -0.25) is 4.79 Å². The molecule has 0 bridgehead atoms. The molecule has 3 nitrogen and oxygen atoms in total. The lowest BCUT2D eigenvalue weighted by molar-refractivity contribution is -0.123. The number of amides is 1. The molecule has 0 aliphatic carbocycles. The standard InChI is InChI=1S/C15H24N2O.ClH/c1-10-7-6-8-12(9-10)13(15(3,4)5)17-14(18)11(2)16;/h6-9,11,13H,16H2,1-5H3,(H,17,18);1H/t11-,13?;/m0./s1. The highest BCUT2D eigenvalue weighted by atomic mass is 35.5. The number of halogens is 1. The van der Waals surface area contributed by atoms with Gasteiger partial charge in [0, 0.05) is 0 Å². The van der Waals surface area contributed by atoms with Gasteiger partial charge in [0.25, 0.3) is 0 Å². The molecule has 2 atom stereocenters. The minimum Gasteiger partial charge on any atom is -0.347 e. The summed E-state index contributed by atoms with van der Waals surface area (Å²) in [5, 5.41) is 3.04. The van der Waals surface area contributed by atoms with Crippen molar-refractivity contribution in [3.63, 3.8) is 0 Å². The third-order valence-corrected chi connectivity index (χ3v) is 2.94. The second kappa shape index (κ2) is 6.92. The molecule has 0 aromatic heterocycles. The largest absolute Gasteiger partial charge is 0.347 e. The lowest BCUT2D eigenvalue weighted by Gasteiger charge is -2.32. The van der Waals surface area contributed by atoms with Gasteiger partial charge in [-0.1, -0.05) is 50.6 Å². The highest BCUT2D eigenvalue weighted by molar-refractivity contribution is 5.85. The molecule has 1 unspecified atom stereocenters. The first-order valence-corrected chi connectivity index (χ1v) is 6.34. The molecule has 0 saturated heterocycles. The number of carbonyl (C=O) groups excluding carboxylic acids is 1. The van der Waals surface area contributed by atoms with Crippen molar-refractivity contribution >= 4 is 18.3 Å². The molecule has 0 aliphatic heterocycles. The first-order chi connectivity index (χ1) is 8.21. The molecule has 108 valence electrons. The van der Waals surface area contributed by atoms with Gasteiger partial charge in [-0.15, -0.1) is 12.4 Å². The molecular weight excluding hydrogens is 260 g/mol. The van der Waals surface area contributed by atoms with Crippen molar-refractivity contribution in [1.82, 2.24) is 5.32 Å². The first kappa shape index (κ1) is 17.9. The minimum absolute atomic E-state index is 0. The Morgan fingerprint density at radius 2 is 1.89 bits per heavy atom. The molecule has 0 saturated carbocycles. The van der Waals surface area contributed by atoms with Gasteiger partial charge in [-0.25, -0.2) is 0 Å². The molecule has 0 heterocycles. The summed E-state index contributed by atoms with van der Waals surface area (Å²) in [6.45, 7) is 10.1. The zero-order valence-electron chi connectivity index (χ0n) is 12.4. The van der Waals surface area contributed by atoms with Crippen LogP contribution in [-0.4, -0.2) is 11.9 Å². The van der Waals surface area contributed by atoms with E-state index in [2.05, 4.69) is 45.1 Å². The molecule has 0 spiro atoms. The number of nitrogens with one attached hydrogen (secondary N) is 1. The van der Waals surface area contributed by atoms with E-state index in [1.165, 1.54) is 5.56 Å². The van der Waals surface area contributed by atoms with E-state index < -0.39 is 6.04 Å². The van der Waals surface area contributed by atoms with Crippen molar-refractivity contribution in [3.8, 4) is 0 Å². The molecule has 4 heteroatoms. The van der Waals surface area contributed by atoms with E-state index in [0.717, 1.165) is 5.56 Å². The molecule has 0 aliphatic rings. The average molecular weight is 285 g/mol. The number of benzene rings is 1. The number of hydrogen-bond acceptors (Lipinski definition) is 2. The Morgan fingerprint density at radius 1 is 1.32 bits per heavy atom. The van der Waals surface area contributed by atoms with Gasteiger partial charge in [-0.05, 0) is 24.8 Å². The van der Waals surface area contributed by atoms with Crippen LogP contribution in [0.15, 0.2) is 24.3 Å². The molecular formula is C15H25ClN2O. The molecule has 1 rings (SSSR count). The summed E-state index contributed by atoms with van der Waals surface area (Å²) in [6.07, 6.45) is 0. The van der Waals surface area contributed by atoms with Gasteiger partial charge < -0.3 is 11.1 Å². The van der Waals surface area contributed by atoms with E-state index in [1.54, 1.807) is 6.92 Å². The fourth-order valence-corrected chi connectivity index (χ4v) is 1.92. The second-order valence-corrected chi connectivity index (χ2v) is 6.01. The van der Waals surface area contributed by atoms with Crippen molar-refractivity contribution in [2.75, 3.05) is 0 Å². The van der Waals surface area contributed by atoms with Crippen LogP contribution < -0.4 is 11.1 Å². The highest BCUT2D eigenvalue weighted by Crippen LogP contribution is 2.33. The van der Waals surface area contributed by atoms with Gasteiger partial charge in [0.1, 0.15) is 0 Å². The summed E-state index contributed by atoms with van der Waals surface area (Å²) in [5.74, 6) is -0.114. The first-order valence-electron chi connectivity index (χ1n) is 6.34. The smallest absolute Gasteiger partial charge is 0.237 e. The number of aryl methyl sites for hydroxylation is 1. The van der Waals surface area contributed by atoms with Crippen LogP contribution in [0.5, 0.6) is 0 Å². The average Bonchev–Trinajstić information content (AvgIpc) is 2.23. The zero-order valence-corrected chi connectivity index (χ0v) is 13.2. The molecule has 19 heavy (non-hydrogen) atoms. The van der Waals surface area contributed by atoms with Gasteiger partial charge in [0.05, 0.1) is 12.1 Å². The summed E-state index contributed by atoms with van der Waals surface area (Å²) in [5.41, 5.74) is 7.88. The molecule has 3 N–H and O–H groups in total. The highest BCUT2D eigenvalue weighted by Gasteiger charge is 2.28. The predicted molar refractivity (Wildman–Crippen MR) is 82.4 cm³/mol. The van der Waals surface area contributed by atoms with Gasteiger partial charge in [0.2, 0.25) is 5.91 Å². The van der Waals surface area contributed by atoms with Crippen LogP contribution in [0.3, 0.4) is 0 Å². The number of rotatable bonds is 3. The number of carbonyl (C=O) groups is 1. The molecule has 1 aromatic rings. The molecule has 1 amide bonds. The molecule has 1 aromatic carbocycles.